The Morgan fingerprint density at radius 1 is 1.53 bits per heavy atom. The van der Waals surface area contributed by atoms with Crippen LogP contribution >= 0.6 is 0 Å². The van der Waals surface area contributed by atoms with Gasteiger partial charge in [0.25, 0.3) is 0 Å². The molecule has 0 bridgehead atoms. The van der Waals surface area contributed by atoms with E-state index in [1.165, 1.54) is 0 Å². The van der Waals surface area contributed by atoms with E-state index in [-0.39, 0.29) is 12.1 Å². The number of amides is 1. The summed E-state index contributed by atoms with van der Waals surface area (Å²) in [5.74, 6) is 0. The highest BCUT2D eigenvalue weighted by molar-refractivity contribution is 5.69. The summed E-state index contributed by atoms with van der Waals surface area (Å²) in [4.78, 5) is 13.4. The number of aliphatic hydroxyl groups is 1. The molecule has 0 radical (unpaired) electrons. The largest absolute Gasteiger partial charge is 0.444 e. The molecule has 0 aromatic heterocycles. The van der Waals surface area contributed by atoms with Crippen molar-refractivity contribution in [1.29, 1.82) is 0 Å². The first-order valence-electron chi connectivity index (χ1n) is 5.53. The molecule has 1 saturated heterocycles. The summed E-state index contributed by atoms with van der Waals surface area (Å²) < 4.78 is 5.28. The van der Waals surface area contributed by atoms with Crippen molar-refractivity contribution in [1.82, 2.24) is 4.90 Å². The summed E-state index contributed by atoms with van der Waals surface area (Å²) in [7, 11) is 0. The van der Waals surface area contributed by atoms with Crippen molar-refractivity contribution in [3.8, 4) is 0 Å². The highest BCUT2D eigenvalue weighted by Gasteiger charge is 2.36. The summed E-state index contributed by atoms with van der Waals surface area (Å²) in [5.41, 5.74) is -0.469. The number of likely N-dealkylation sites (tertiary alicyclic amines) is 1. The fourth-order valence-electron chi connectivity index (χ4n) is 1.88. The molecule has 1 fully saturated rings. The van der Waals surface area contributed by atoms with Gasteiger partial charge in [-0.3, -0.25) is 0 Å². The van der Waals surface area contributed by atoms with Crippen LogP contribution in [0.3, 0.4) is 0 Å². The zero-order valence-corrected chi connectivity index (χ0v) is 9.99. The molecule has 1 heterocycles. The normalized spacial score (nSPS) is 26.9. The summed E-state index contributed by atoms with van der Waals surface area (Å²) >= 11 is 0. The molecule has 0 unspecified atom stereocenters. The van der Waals surface area contributed by atoms with Crippen LogP contribution in [0.25, 0.3) is 0 Å². The van der Waals surface area contributed by atoms with Gasteiger partial charge in [0, 0.05) is 6.54 Å². The van der Waals surface area contributed by atoms with Crippen LogP contribution < -0.4 is 0 Å². The van der Waals surface area contributed by atoms with Gasteiger partial charge in [0.05, 0.1) is 12.1 Å². The van der Waals surface area contributed by atoms with Gasteiger partial charge in [0.1, 0.15) is 5.60 Å². The summed E-state index contributed by atoms with van der Waals surface area (Å²) in [6.07, 6.45) is 0.700. The first-order chi connectivity index (χ1) is 6.85. The quantitative estimate of drug-likeness (QED) is 0.725. The third-order valence-corrected chi connectivity index (χ3v) is 2.56. The molecule has 0 spiro atoms. The van der Waals surface area contributed by atoms with Gasteiger partial charge in [-0.1, -0.05) is 6.92 Å². The highest BCUT2D eigenvalue weighted by atomic mass is 16.6. The molecule has 4 heteroatoms. The van der Waals surface area contributed by atoms with Crippen LogP contribution in [0.5, 0.6) is 0 Å². The molecule has 0 aliphatic carbocycles. The Hall–Kier alpha value is -0.770. The minimum Gasteiger partial charge on any atom is -0.444 e. The lowest BCUT2D eigenvalue weighted by molar-refractivity contribution is 0.0151. The summed E-state index contributed by atoms with van der Waals surface area (Å²) in [6, 6.07) is -0.0835. The number of nitrogens with zero attached hydrogens (tertiary/aromatic N) is 1. The lowest BCUT2D eigenvalue weighted by Crippen LogP contribution is -2.42. The molecule has 0 aromatic carbocycles. The van der Waals surface area contributed by atoms with Gasteiger partial charge in [0.15, 0.2) is 0 Å². The number of aliphatic hydroxyl groups excluding tert-OH is 1. The standard InChI is InChI=1S/C11H21NO3/c1-5-8-9(13)6-7-12(8)10(14)15-11(2,3)4/h8-9,13H,5-7H2,1-4H3/t8-,9-/m0/s1. The van der Waals surface area contributed by atoms with E-state index in [1.54, 1.807) is 4.90 Å². The zero-order valence-electron chi connectivity index (χ0n) is 9.99. The number of hydrogen-bond acceptors (Lipinski definition) is 3. The Bertz CT molecular complexity index is 234. The van der Waals surface area contributed by atoms with Crippen LogP contribution in [0.15, 0.2) is 0 Å². The van der Waals surface area contributed by atoms with Crippen molar-refractivity contribution in [2.24, 2.45) is 0 Å². The maximum Gasteiger partial charge on any atom is 0.410 e. The molecule has 1 aliphatic heterocycles. The van der Waals surface area contributed by atoms with E-state index in [4.69, 9.17) is 4.74 Å². The zero-order chi connectivity index (χ0) is 11.6. The van der Waals surface area contributed by atoms with Crippen molar-refractivity contribution in [2.45, 2.75) is 58.3 Å². The predicted octanol–water partition coefficient (Wildman–Crippen LogP) is 1.77. The molecular formula is C11H21NO3. The Morgan fingerprint density at radius 3 is 2.60 bits per heavy atom. The van der Waals surface area contributed by atoms with E-state index in [0.717, 1.165) is 6.42 Å². The highest BCUT2D eigenvalue weighted by Crippen LogP contribution is 2.23. The van der Waals surface area contributed by atoms with Gasteiger partial charge in [-0.2, -0.15) is 0 Å². The van der Waals surface area contributed by atoms with E-state index in [0.29, 0.717) is 13.0 Å². The second-order valence-corrected chi connectivity index (χ2v) is 5.01. The summed E-state index contributed by atoms with van der Waals surface area (Å²) in [6.45, 7) is 8.10. The molecule has 2 atom stereocenters. The van der Waals surface area contributed by atoms with E-state index >= 15 is 0 Å². The third-order valence-electron chi connectivity index (χ3n) is 2.56. The van der Waals surface area contributed by atoms with Crippen molar-refractivity contribution in [3.63, 3.8) is 0 Å². The molecule has 1 rings (SSSR count). The van der Waals surface area contributed by atoms with Crippen LogP contribution in [-0.2, 0) is 4.74 Å². The smallest absolute Gasteiger partial charge is 0.410 e. The maximum absolute atomic E-state index is 11.8. The maximum atomic E-state index is 11.8. The van der Waals surface area contributed by atoms with Crippen molar-refractivity contribution in [3.05, 3.63) is 0 Å². The lowest BCUT2D eigenvalue weighted by atomic mass is 10.1. The SMILES string of the molecule is CC[C@H]1[C@@H](O)CCN1C(=O)OC(C)(C)C. The van der Waals surface area contributed by atoms with E-state index in [1.807, 2.05) is 27.7 Å². The average Bonchev–Trinajstić information content (AvgIpc) is 2.43. The van der Waals surface area contributed by atoms with Crippen molar-refractivity contribution >= 4 is 6.09 Å². The van der Waals surface area contributed by atoms with E-state index in [2.05, 4.69) is 0 Å². The molecule has 0 saturated carbocycles. The number of carbonyl (C=O) groups excluding carboxylic acids is 1. The second kappa shape index (κ2) is 4.39. The molecule has 0 aromatic rings. The molecule has 1 aliphatic rings. The first-order valence-corrected chi connectivity index (χ1v) is 5.53. The second-order valence-electron chi connectivity index (χ2n) is 5.01. The number of ether oxygens (including phenoxy) is 1. The topological polar surface area (TPSA) is 49.8 Å². The Balaban J connectivity index is 2.60. The van der Waals surface area contributed by atoms with Gasteiger partial charge in [0.2, 0.25) is 0 Å². The molecule has 15 heavy (non-hydrogen) atoms. The monoisotopic (exact) mass is 215 g/mol. The van der Waals surface area contributed by atoms with Crippen LogP contribution in [0, 0.1) is 0 Å². The molecule has 88 valence electrons. The third kappa shape index (κ3) is 3.09. The predicted molar refractivity (Wildman–Crippen MR) is 57.6 cm³/mol. The average molecular weight is 215 g/mol. The minimum absolute atomic E-state index is 0.0835. The van der Waals surface area contributed by atoms with Gasteiger partial charge in [-0.15, -0.1) is 0 Å². The molecular weight excluding hydrogens is 194 g/mol. The van der Waals surface area contributed by atoms with Crippen LogP contribution in [0.4, 0.5) is 4.79 Å². The molecule has 4 nitrogen and oxygen atoms in total. The molecule has 1 N–H and O–H groups in total. The molecule has 1 amide bonds. The van der Waals surface area contributed by atoms with E-state index in [9.17, 15) is 9.90 Å². The fraction of sp³-hybridized carbons (Fsp3) is 0.909. The lowest BCUT2D eigenvalue weighted by Gasteiger charge is -2.28. The minimum atomic E-state index is -0.469. The van der Waals surface area contributed by atoms with Crippen LogP contribution in [0.2, 0.25) is 0 Å². The Labute approximate surface area is 91.2 Å². The number of carbonyl (C=O) groups is 1. The first kappa shape index (κ1) is 12.3. The van der Waals surface area contributed by atoms with Crippen LogP contribution in [-0.4, -0.2) is 40.4 Å². The van der Waals surface area contributed by atoms with E-state index < -0.39 is 11.7 Å². The van der Waals surface area contributed by atoms with Gasteiger partial charge in [-0.25, -0.2) is 4.79 Å². The fourth-order valence-corrected chi connectivity index (χ4v) is 1.88. The van der Waals surface area contributed by atoms with Crippen molar-refractivity contribution in [2.75, 3.05) is 6.54 Å². The summed E-state index contributed by atoms with van der Waals surface area (Å²) in [5, 5.41) is 9.66. The number of rotatable bonds is 1. The van der Waals surface area contributed by atoms with Crippen LogP contribution in [0.1, 0.15) is 40.5 Å². The Morgan fingerprint density at radius 2 is 2.13 bits per heavy atom. The number of hydrogen-bond donors (Lipinski definition) is 1. The van der Waals surface area contributed by atoms with Gasteiger partial charge in [-0.05, 0) is 33.6 Å². The van der Waals surface area contributed by atoms with Crippen molar-refractivity contribution < 1.29 is 14.6 Å². The Kier molecular flexibility index (Phi) is 3.60. The van der Waals surface area contributed by atoms with Gasteiger partial charge >= 0.3 is 6.09 Å². The van der Waals surface area contributed by atoms with Gasteiger partial charge < -0.3 is 14.7 Å².